The summed E-state index contributed by atoms with van der Waals surface area (Å²) in [5.74, 6) is -1.07. The van der Waals surface area contributed by atoms with Gasteiger partial charge in [0.2, 0.25) is 5.91 Å². The summed E-state index contributed by atoms with van der Waals surface area (Å²) in [6.07, 6.45) is 0. The molecule has 0 atom stereocenters. The van der Waals surface area contributed by atoms with E-state index in [-0.39, 0.29) is 22.2 Å². The van der Waals surface area contributed by atoms with Gasteiger partial charge in [0.1, 0.15) is 0 Å². The maximum Gasteiger partial charge on any atom is 0.501 e. The Hall–Kier alpha value is -2.59. The van der Waals surface area contributed by atoms with Gasteiger partial charge in [-0.25, -0.2) is 8.42 Å². The second kappa shape index (κ2) is 7.57. The van der Waals surface area contributed by atoms with Crippen molar-refractivity contribution in [1.82, 2.24) is 0 Å². The lowest BCUT2D eigenvalue weighted by Crippen LogP contribution is -2.23. The Labute approximate surface area is 157 Å². The van der Waals surface area contributed by atoms with Crippen molar-refractivity contribution in [2.75, 3.05) is 10.6 Å². The minimum Gasteiger partial charge on any atom is -0.326 e. The van der Waals surface area contributed by atoms with Gasteiger partial charge in [0.15, 0.2) is 0 Å². The van der Waals surface area contributed by atoms with E-state index in [9.17, 15) is 31.2 Å². The highest BCUT2D eigenvalue weighted by Gasteiger charge is 2.46. The van der Waals surface area contributed by atoms with Gasteiger partial charge in [-0.05, 0) is 42.5 Å². The fraction of sp³-hybridized carbons (Fsp3) is 0.125. The highest BCUT2D eigenvalue weighted by atomic mass is 35.5. The molecule has 144 valence electrons. The number of carbonyl (C=O) groups excluding carboxylic acids is 2. The van der Waals surface area contributed by atoms with Crippen LogP contribution in [0.15, 0.2) is 47.4 Å². The molecule has 11 heteroatoms. The van der Waals surface area contributed by atoms with E-state index in [1.807, 2.05) is 0 Å². The molecular weight excluding hydrogens is 409 g/mol. The fourth-order valence-corrected chi connectivity index (χ4v) is 2.94. The van der Waals surface area contributed by atoms with Crippen LogP contribution >= 0.6 is 11.6 Å². The highest BCUT2D eigenvalue weighted by molar-refractivity contribution is 7.92. The summed E-state index contributed by atoms with van der Waals surface area (Å²) in [7, 11) is -5.49. The highest BCUT2D eigenvalue weighted by Crippen LogP contribution is 2.30. The number of alkyl halides is 3. The molecule has 0 unspecified atom stereocenters. The van der Waals surface area contributed by atoms with Crippen LogP contribution in [0.3, 0.4) is 0 Å². The third-order valence-corrected chi connectivity index (χ3v) is 5.10. The third-order valence-electron chi connectivity index (χ3n) is 3.27. The summed E-state index contributed by atoms with van der Waals surface area (Å²) >= 11 is 5.97. The van der Waals surface area contributed by atoms with Crippen molar-refractivity contribution in [3.05, 3.63) is 53.1 Å². The number of benzene rings is 2. The molecule has 0 aliphatic rings. The van der Waals surface area contributed by atoms with Crippen LogP contribution in [0, 0.1) is 0 Å². The normalized spacial score (nSPS) is 11.7. The zero-order valence-electron chi connectivity index (χ0n) is 13.6. The first-order chi connectivity index (χ1) is 12.4. The first kappa shape index (κ1) is 20.7. The molecule has 0 aliphatic carbocycles. The molecule has 0 radical (unpaired) electrons. The zero-order valence-corrected chi connectivity index (χ0v) is 15.2. The van der Waals surface area contributed by atoms with Crippen LogP contribution < -0.4 is 10.6 Å². The molecule has 0 saturated carbocycles. The van der Waals surface area contributed by atoms with Gasteiger partial charge in [-0.2, -0.15) is 13.2 Å². The molecule has 2 rings (SSSR count). The van der Waals surface area contributed by atoms with Crippen LogP contribution in [0.5, 0.6) is 0 Å². The van der Waals surface area contributed by atoms with Gasteiger partial charge in [0.25, 0.3) is 15.7 Å². The maximum absolute atomic E-state index is 12.5. The second-order valence-corrected chi connectivity index (χ2v) is 7.65. The number of sulfone groups is 1. The Kier molecular flexibility index (Phi) is 5.81. The number of amides is 2. The van der Waals surface area contributed by atoms with Crippen molar-refractivity contribution in [2.24, 2.45) is 0 Å². The lowest BCUT2D eigenvalue weighted by atomic mass is 10.2. The van der Waals surface area contributed by atoms with Crippen LogP contribution in [0.4, 0.5) is 24.5 Å². The van der Waals surface area contributed by atoms with E-state index in [4.69, 9.17) is 11.6 Å². The standard InChI is InChI=1S/C16H12ClF3N2O4S/c1-9(23)21-11-4-7-13(17)14(8-11)22-15(24)10-2-5-12(6-3-10)27(25,26)16(18,19)20/h2-8H,1H3,(H,21,23)(H,22,24). The van der Waals surface area contributed by atoms with E-state index in [0.717, 1.165) is 12.1 Å². The van der Waals surface area contributed by atoms with E-state index >= 15 is 0 Å². The summed E-state index contributed by atoms with van der Waals surface area (Å²) in [4.78, 5) is 22.3. The summed E-state index contributed by atoms with van der Waals surface area (Å²) in [5.41, 5.74) is -5.00. The number of rotatable bonds is 4. The third kappa shape index (κ3) is 4.77. The molecule has 0 heterocycles. The Morgan fingerprint density at radius 1 is 1.00 bits per heavy atom. The summed E-state index contributed by atoms with van der Waals surface area (Å²) in [6, 6.07) is 7.60. The number of carbonyl (C=O) groups is 2. The molecule has 27 heavy (non-hydrogen) atoms. The zero-order chi connectivity index (χ0) is 20.4. The largest absolute Gasteiger partial charge is 0.501 e. The first-order valence-corrected chi connectivity index (χ1v) is 9.08. The van der Waals surface area contributed by atoms with Crippen LogP contribution in [-0.4, -0.2) is 25.7 Å². The van der Waals surface area contributed by atoms with Crippen LogP contribution in [0.2, 0.25) is 5.02 Å². The predicted octanol–water partition coefficient (Wildman–Crippen LogP) is 3.84. The molecule has 2 N–H and O–H groups in total. The van der Waals surface area contributed by atoms with Crippen molar-refractivity contribution in [3.63, 3.8) is 0 Å². The van der Waals surface area contributed by atoms with E-state index < -0.39 is 26.1 Å². The number of hydrogen-bond acceptors (Lipinski definition) is 4. The maximum atomic E-state index is 12.5. The van der Waals surface area contributed by atoms with Gasteiger partial charge in [0, 0.05) is 18.2 Å². The van der Waals surface area contributed by atoms with E-state index in [1.54, 1.807) is 0 Å². The molecule has 0 aromatic heterocycles. The molecular formula is C16H12ClF3N2O4S. The molecule has 2 aromatic carbocycles. The molecule has 0 bridgehead atoms. The predicted molar refractivity (Wildman–Crippen MR) is 93.4 cm³/mol. The Morgan fingerprint density at radius 2 is 1.59 bits per heavy atom. The molecule has 6 nitrogen and oxygen atoms in total. The van der Waals surface area contributed by atoms with Crippen LogP contribution in [-0.2, 0) is 14.6 Å². The Morgan fingerprint density at radius 3 is 2.11 bits per heavy atom. The van der Waals surface area contributed by atoms with Crippen molar-refractivity contribution < 1.29 is 31.2 Å². The van der Waals surface area contributed by atoms with Crippen LogP contribution in [0.1, 0.15) is 17.3 Å². The minimum atomic E-state index is -5.49. The number of nitrogens with one attached hydrogen (secondary N) is 2. The summed E-state index contributed by atoms with van der Waals surface area (Å²) in [6.45, 7) is 1.30. The van der Waals surface area contributed by atoms with Crippen molar-refractivity contribution >= 4 is 44.6 Å². The molecule has 0 aliphatic heterocycles. The van der Waals surface area contributed by atoms with E-state index in [2.05, 4.69) is 10.6 Å². The summed E-state index contributed by atoms with van der Waals surface area (Å²) < 4.78 is 60.2. The number of halogens is 4. The van der Waals surface area contributed by atoms with Gasteiger partial charge in [-0.15, -0.1) is 0 Å². The lowest BCUT2D eigenvalue weighted by molar-refractivity contribution is -0.114. The molecule has 2 amide bonds. The SMILES string of the molecule is CC(=O)Nc1ccc(Cl)c(NC(=O)c2ccc(S(=O)(=O)C(F)(F)F)cc2)c1. The van der Waals surface area contributed by atoms with Crippen molar-refractivity contribution in [1.29, 1.82) is 0 Å². The van der Waals surface area contributed by atoms with E-state index in [1.165, 1.54) is 25.1 Å². The van der Waals surface area contributed by atoms with Gasteiger partial charge in [0.05, 0.1) is 15.6 Å². The minimum absolute atomic E-state index is 0.0860. The van der Waals surface area contributed by atoms with Gasteiger partial charge in [-0.1, -0.05) is 11.6 Å². The quantitative estimate of drug-likeness (QED) is 0.786. The van der Waals surface area contributed by atoms with E-state index in [0.29, 0.717) is 17.8 Å². The second-order valence-electron chi connectivity index (χ2n) is 5.30. The first-order valence-electron chi connectivity index (χ1n) is 7.22. The smallest absolute Gasteiger partial charge is 0.326 e. The van der Waals surface area contributed by atoms with Gasteiger partial charge < -0.3 is 10.6 Å². The van der Waals surface area contributed by atoms with Crippen molar-refractivity contribution in [2.45, 2.75) is 17.3 Å². The molecule has 0 fully saturated rings. The monoisotopic (exact) mass is 420 g/mol. The number of hydrogen-bond donors (Lipinski definition) is 2. The lowest BCUT2D eigenvalue weighted by Gasteiger charge is -2.11. The Balaban J connectivity index is 2.24. The molecule has 2 aromatic rings. The number of anilines is 2. The summed E-state index contributed by atoms with van der Waals surface area (Å²) in [5, 5.41) is 5.10. The molecule has 0 saturated heterocycles. The average molecular weight is 421 g/mol. The van der Waals surface area contributed by atoms with Gasteiger partial charge >= 0.3 is 5.51 Å². The fourth-order valence-electron chi connectivity index (χ4n) is 2.02. The van der Waals surface area contributed by atoms with Crippen LogP contribution in [0.25, 0.3) is 0 Å². The molecule has 0 spiro atoms. The topological polar surface area (TPSA) is 92.3 Å². The average Bonchev–Trinajstić information content (AvgIpc) is 2.56. The van der Waals surface area contributed by atoms with Gasteiger partial charge in [-0.3, -0.25) is 9.59 Å². The van der Waals surface area contributed by atoms with Crippen molar-refractivity contribution in [3.8, 4) is 0 Å². The Bertz CT molecular complexity index is 990.